The van der Waals surface area contributed by atoms with Crippen LogP contribution in [0, 0.1) is 5.92 Å². The number of halogens is 1. The third kappa shape index (κ3) is 3.84. The lowest BCUT2D eigenvalue weighted by molar-refractivity contribution is 0.200. The van der Waals surface area contributed by atoms with Crippen LogP contribution in [0.4, 0.5) is 4.79 Å². The van der Waals surface area contributed by atoms with E-state index in [0.29, 0.717) is 10.9 Å². The normalized spacial score (nSPS) is 19.2. The summed E-state index contributed by atoms with van der Waals surface area (Å²) in [6.07, 6.45) is 1.06. The first-order valence-electron chi connectivity index (χ1n) is 8.31. The molecule has 2 amide bonds. The van der Waals surface area contributed by atoms with Crippen LogP contribution >= 0.6 is 11.6 Å². The molecule has 2 heterocycles. The molecule has 0 aliphatic carbocycles. The first-order chi connectivity index (χ1) is 11.4. The number of fused-ring (bicyclic) bond motifs is 1. The van der Waals surface area contributed by atoms with Gasteiger partial charge < -0.3 is 19.5 Å². The molecule has 6 heteroatoms. The van der Waals surface area contributed by atoms with Gasteiger partial charge in [0.05, 0.1) is 6.04 Å². The minimum atomic E-state index is -0.184. The van der Waals surface area contributed by atoms with E-state index in [4.69, 9.17) is 16.0 Å². The van der Waals surface area contributed by atoms with Crippen LogP contribution in [0.25, 0.3) is 11.0 Å². The van der Waals surface area contributed by atoms with Gasteiger partial charge in [0.15, 0.2) is 0 Å². The Morgan fingerprint density at radius 1 is 1.46 bits per heavy atom. The number of carbonyl (C=O) groups is 1. The molecule has 24 heavy (non-hydrogen) atoms. The summed E-state index contributed by atoms with van der Waals surface area (Å²) in [6, 6.07) is 7.24. The van der Waals surface area contributed by atoms with Gasteiger partial charge in [0.2, 0.25) is 0 Å². The highest BCUT2D eigenvalue weighted by Gasteiger charge is 2.27. The van der Waals surface area contributed by atoms with Crippen LogP contribution in [-0.2, 0) is 0 Å². The van der Waals surface area contributed by atoms with Crippen molar-refractivity contribution in [1.29, 1.82) is 0 Å². The second-order valence-corrected chi connectivity index (χ2v) is 7.30. The van der Waals surface area contributed by atoms with Crippen LogP contribution in [0.3, 0.4) is 0 Å². The number of likely N-dealkylation sites (tertiary alicyclic amines) is 1. The van der Waals surface area contributed by atoms with Crippen molar-refractivity contribution in [2.45, 2.75) is 19.4 Å². The average Bonchev–Trinajstić information content (AvgIpc) is 3.12. The van der Waals surface area contributed by atoms with Gasteiger partial charge in [-0.1, -0.05) is 11.6 Å². The Morgan fingerprint density at radius 3 is 3.00 bits per heavy atom. The SMILES string of the molecule is C[C@@H](NC(=O)N1CC[C@@H](CN(C)C)C1)c1cc2cc(Cl)ccc2o1. The Balaban J connectivity index is 1.61. The zero-order valence-corrected chi connectivity index (χ0v) is 15.1. The molecule has 0 radical (unpaired) electrons. The number of hydrogen-bond donors (Lipinski definition) is 1. The van der Waals surface area contributed by atoms with Crippen molar-refractivity contribution in [1.82, 2.24) is 15.1 Å². The van der Waals surface area contributed by atoms with Crippen LogP contribution < -0.4 is 5.32 Å². The zero-order valence-electron chi connectivity index (χ0n) is 14.4. The highest BCUT2D eigenvalue weighted by atomic mass is 35.5. The Hall–Kier alpha value is -1.72. The number of carbonyl (C=O) groups excluding carboxylic acids is 1. The molecule has 1 aliphatic heterocycles. The molecule has 0 bridgehead atoms. The molecule has 2 atom stereocenters. The van der Waals surface area contributed by atoms with Crippen LogP contribution in [0.2, 0.25) is 5.02 Å². The highest BCUT2D eigenvalue weighted by Crippen LogP contribution is 2.26. The maximum absolute atomic E-state index is 12.5. The molecule has 1 aliphatic rings. The van der Waals surface area contributed by atoms with Crippen LogP contribution in [0.1, 0.15) is 25.1 Å². The molecule has 0 saturated carbocycles. The van der Waals surface area contributed by atoms with Crippen LogP contribution in [0.5, 0.6) is 0 Å². The van der Waals surface area contributed by atoms with Gasteiger partial charge in [0.25, 0.3) is 0 Å². The van der Waals surface area contributed by atoms with Gasteiger partial charge in [0, 0.05) is 30.0 Å². The quantitative estimate of drug-likeness (QED) is 0.914. The number of benzene rings is 1. The molecular formula is C18H24ClN3O2. The van der Waals surface area contributed by atoms with E-state index >= 15 is 0 Å². The summed E-state index contributed by atoms with van der Waals surface area (Å²) in [7, 11) is 4.14. The lowest BCUT2D eigenvalue weighted by Gasteiger charge is -2.21. The van der Waals surface area contributed by atoms with Crippen LogP contribution in [0.15, 0.2) is 28.7 Å². The fourth-order valence-corrected chi connectivity index (χ4v) is 3.46. The monoisotopic (exact) mass is 349 g/mol. The molecule has 2 aromatic rings. The number of nitrogens with zero attached hydrogens (tertiary/aromatic N) is 2. The van der Waals surface area contributed by atoms with Crippen molar-refractivity contribution < 1.29 is 9.21 Å². The van der Waals surface area contributed by atoms with E-state index < -0.39 is 0 Å². The van der Waals surface area contributed by atoms with Crippen molar-refractivity contribution in [3.8, 4) is 0 Å². The Labute approximate surface area is 147 Å². The Kier molecular flexibility index (Phi) is 5.01. The van der Waals surface area contributed by atoms with Gasteiger partial charge >= 0.3 is 6.03 Å². The van der Waals surface area contributed by atoms with E-state index in [1.165, 1.54) is 0 Å². The predicted octanol–water partition coefficient (Wildman–Crippen LogP) is 3.74. The van der Waals surface area contributed by atoms with E-state index in [9.17, 15) is 4.79 Å². The Bertz CT molecular complexity index is 728. The van der Waals surface area contributed by atoms with Gasteiger partial charge in [-0.2, -0.15) is 0 Å². The molecular weight excluding hydrogens is 326 g/mol. The fourth-order valence-electron chi connectivity index (χ4n) is 3.28. The maximum Gasteiger partial charge on any atom is 0.317 e. The average molecular weight is 350 g/mol. The minimum absolute atomic E-state index is 0.0257. The maximum atomic E-state index is 12.5. The summed E-state index contributed by atoms with van der Waals surface area (Å²) in [5, 5.41) is 4.66. The standard InChI is InChI=1S/C18H24ClN3O2/c1-12(17-9-14-8-15(19)4-5-16(14)24-17)20-18(23)22-7-6-13(11-22)10-21(2)3/h4-5,8-9,12-13H,6-7,10-11H2,1-3H3,(H,20,23)/t12-,13+/m1/s1. The first-order valence-corrected chi connectivity index (χ1v) is 8.69. The summed E-state index contributed by atoms with van der Waals surface area (Å²) >= 11 is 6.01. The van der Waals surface area contributed by atoms with E-state index in [-0.39, 0.29) is 12.1 Å². The van der Waals surface area contributed by atoms with Crippen molar-refractivity contribution in [2.24, 2.45) is 5.92 Å². The number of hydrogen-bond acceptors (Lipinski definition) is 3. The summed E-state index contributed by atoms with van der Waals surface area (Å²) < 4.78 is 5.82. The van der Waals surface area contributed by atoms with E-state index in [0.717, 1.165) is 42.8 Å². The molecule has 0 spiro atoms. The third-order valence-corrected chi connectivity index (χ3v) is 4.70. The smallest absolute Gasteiger partial charge is 0.317 e. The van der Waals surface area contributed by atoms with Crippen molar-refractivity contribution >= 4 is 28.6 Å². The molecule has 1 saturated heterocycles. The molecule has 1 fully saturated rings. The van der Waals surface area contributed by atoms with Crippen molar-refractivity contribution in [3.63, 3.8) is 0 Å². The Morgan fingerprint density at radius 2 is 2.25 bits per heavy atom. The molecule has 0 unspecified atom stereocenters. The van der Waals surface area contributed by atoms with Crippen molar-refractivity contribution in [2.75, 3.05) is 33.7 Å². The molecule has 3 rings (SSSR count). The number of furan rings is 1. The van der Waals surface area contributed by atoms with E-state index in [1.54, 1.807) is 6.07 Å². The van der Waals surface area contributed by atoms with E-state index in [1.807, 2.05) is 30.0 Å². The van der Waals surface area contributed by atoms with Gasteiger partial charge in [-0.15, -0.1) is 0 Å². The van der Waals surface area contributed by atoms with Crippen molar-refractivity contribution in [3.05, 3.63) is 35.0 Å². The number of urea groups is 1. The van der Waals surface area contributed by atoms with Gasteiger partial charge in [-0.3, -0.25) is 0 Å². The number of amides is 2. The van der Waals surface area contributed by atoms with Crippen LogP contribution in [-0.4, -0.2) is 49.6 Å². The molecule has 1 aromatic carbocycles. The largest absolute Gasteiger partial charge is 0.459 e. The second-order valence-electron chi connectivity index (χ2n) is 6.87. The molecule has 1 aromatic heterocycles. The summed E-state index contributed by atoms with van der Waals surface area (Å²) in [5.74, 6) is 1.29. The first kappa shape index (κ1) is 17.1. The second kappa shape index (κ2) is 7.03. The highest BCUT2D eigenvalue weighted by molar-refractivity contribution is 6.31. The van der Waals surface area contributed by atoms with E-state index in [2.05, 4.69) is 24.3 Å². The van der Waals surface area contributed by atoms with Gasteiger partial charge in [0.1, 0.15) is 11.3 Å². The lowest BCUT2D eigenvalue weighted by atomic mass is 10.1. The lowest BCUT2D eigenvalue weighted by Crippen LogP contribution is -2.40. The summed E-state index contributed by atoms with van der Waals surface area (Å²) in [6.45, 7) is 4.58. The number of nitrogens with one attached hydrogen (secondary N) is 1. The van der Waals surface area contributed by atoms with Gasteiger partial charge in [-0.25, -0.2) is 4.79 Å². The topological polar surface area (TPSA) is 48.7 Å². The minimum Gasteiger partial charge on any atom is -0.459 e. The summed E-state index contributed by atoms with van der Waals surface area (Å²) in [4.78, 5) is 16.5. The predicted molar refractivity (Wildman–Crippen MR) is 96.4 cm³/mol. The van der Waals surface area contributed by atoms with Gasteiger partial charge in [-0.05, 0) is 57.6 Å². The molecule has 1 N–H and O–H groups in total. The third-order valence-electron chi connectivity index (χ3n) is 4.46. The fraction of sp³-hybridized carbons (Fsp3) is 0.500. The summed E-state index contributed by atoms with van der Waals surface area (Å²) in [5.41, 5.74) is 0.780. The zero-order chi connectivity index (χ0) is 17.3. The molecule has 130 valence electrons. The molecule has 5 nitrogen and oxygen atoms in total. The number of rotatable bonds is 4.